The van der Waals surface area contributed by atoms with Gasteiger partial charge in [-0.05, 0) is 157 Å². The van der Waals surface area contributed by atoms with Crippen LogP contribution in [-0.4, -0.2) is 6.71 Å². The van der Waals surface area contributed by atoms with Crippen LogP contribution >= 0.6 is 0 Å². The van der Waals surface area contributed by atoms with Gasteiger partial charge in [0.05, 0.1) is 22.7 Å². The minimum Gasteiger partial charge on any atom is -0.468 e. The fraction of sp³-hybridized carbons (Fsp3) is 0.286. The second-order valence-electron chi connectivity index (χ2n) is 26.1. The van der Waals surface area contributed by atoms with Crippen molar-refractivity contribution in [1.29, 1.82) is 0 Å². The van der Waals surface area contributed by atoms with Gasteiger partial charge >= 0.3 is 0 Å². The van der Waals surface area contributed by atoms with E-state index in [1.54, 1.807) is 0 Å². The normalized spacial score (nSPS) is 15.6. The number of hydrogen-bond acceptors (Lipinski definition) is 4. The van der Waals surface area contributed by atoms with Crippen molar-refractivity contribution < 1.29 is 4.42 Å². The molecule has 3 aliphatic rings. The first-order chi connectivity index (χ1) is 35.6. The molecule has 4 nitrogen and oxygen atoms in total. The molecule has 1 aromatic heterocycles. The fourth-order valence-corrected chi connectivity index (χ4v) is 12.6. The molecule has 75 heavy (non-hydrogen) atoms. The molecule has 0 saturated heterocycles. The maximum atomic E-state index is 7.62. The molecule has 0 spiro atoms. The van der Waals surface area contributed by atoms with E-state index in [-0.39, 0.29) is 33.8 Å². The molecule has 0 unspecified atom stereocenters. The Kier molecular flexibility index (Phi) is 11.1. The zero-order chi connectivity index (χ0) is 52.6. The van der Waals surface area contributed by atoms with E-state index in [2.05, 4.69) is 281 Å². The quantitative estimate of drug-likeness (QED) is 0.155. The highest BCUT2D eigenvalue weighted by atomic mass is 16.3. The number of benzene rings is 8. The van der Waals surface area contributed by atoms with Crippen molar-refractivity contribution in [3.63, 3.8) is 0 Å². The SMILES string of the molecule is CC(C)(C)c1ccc(N2c3cc(N(c4ccccc4)c4ccccc4)cc4c3B(c3ccc5c(c32)C(C)(C)CCC5(C)C)c2oc3ccc(C(C)(C)C)cc3c2N4c2ccc(C(C)(C)C)cc2-c2ccccc2)cc1. The highest BCUT2D eigenvalue weighted by Crippen LogP contribution is 2.56. The van der Waals surface area contributed by atoms with Gasteiger partial charge in [-0.1, -0.05) is 193 Å². The van der Waals surface area contributed by atoms with Crippen LogP contribution in [0.25, 0.3) is 22.1 Å². The minimum absolute atomic E-state index is 0.0103. The van der Waals surface area contributed by atoms with Crippen molar-refractivity contribution in [2.45, 2.75) is 130 Å². The first kappa shape index (κ1) is 48.7. The van der Waals surface area contributed by atoms with Crippen molar-refractivity contribution in [1.82, 2.24) is 0 Å². The summed E-state index contributed by atoms with van der Waals surface area (Å²) in [5, 5.41) is 1.12. The van der Waals surface area contributed by atoms with E-state index in [4.69, 9.17) is 4.42 Å². The lowest BCUT2D eigenvalue weighted by Crippen LogP contribution is -2.61. The number of fused-ring (bicyclic) bond motifs is 8. The van der Waals surface area contributed by atoms with Crippen LogP contribution in [0.3, 0.4) is 0 Å². The molecule has 1 aliphatic carbocycles. The average molecular weight is 982 g/mol. The number of hydrogen-bond donors (Lipinski definition) is 0. The monoisotopic (exact) mass is 982 g/mol. The molecule has 2 aliphatic heterocycles. The Balaban J connectivity index is 1.29. The highest BCUT2D eigenvalue weighted by molar-refractivity contribution is 7.00. The zero-order valence-electron chi connectivity index (χ0n) is 46.5. The summed E-state index contributed by atoms with van der Waals surface area (Å²) in [6, 6.07) is 66.5. The molecule has 0 amide bonds. The van der Waals surface area contributed by atoms with Gasteiger partial charge in [0, 0.05) is 45.1 Å². The number of para-hydroxylation sites is 2. The third-order valence-electron chi connectivity index (χ3n) is 16.9. The second kappa shape index (κ2) is 17.1. The van der Waals surface area contributed by atoms with Crippen molar-refractivity contribution in [3.8, 4) is 11.1 Å². The first-order valence-electron chi connectivity index (χ1n) is 27.3. The van der Waals surface area contributed by atoms with Crippen molar-refractivity contribution >= 4 is 85.5 Å². The minimum atomic E-state index is -0.219. The smallest absolute Gasteiger partial charge is 0.297 e. The molecule has 0 bridgehead atoms. The molecule has 0 saturated carbocycles. The summed E-state index contributed by atoms with van der Waals surface area (Å²) in [6.07, 6.45) is 2.21. The summed E-state index contributed by atoms with van der Waals surface area (Å²) in [4.78, 5) is 7.73. The largest absolute Gasteiger partial charge is 0.468 e. The summed E-state index contributed by atoms with van der Waals surface area (Å²) in [6.45, 7) is 30.5. The molecule has 8 aromatic carbocycles. The summed E-state index contributed by atoms with van der Waals surface area (Å²) >= 11 is 0. The lowest BCUT2D eigenvalue weighted by Gasteiger charge is -2.49. The van der Waals surface area contributed by atoms with E-state index in [0.29, 0.717) is 0 Å². The van der Waals surface area contributed by atoms with Crippen LogP contribution in [0.4, 0.5) is 51.2 Å². The molecule has 9 aromatic rings. The van der Waals surface area contributed by atoms with Crippen molar-refractivity contribution in [2.24, 2.45) is 0 Å². The molecule has 0 radical (unpaired) electrons. The number of nitrogens with zero attached hydrogens (tertiary/aromatic N) is 3. The van der Waals surface area contributed by atoms with Gasteiger partial charge in [-0.2, -0.15) is 0 Å². The van der Waals surface area contributed by atoms with E-state index < -0.39 is 0 Å². The Bertz CT molecular complexity index is 3620. The number of rotatable bonds is 6. The van der Waals surface area contributed by atoms with Crippen LogP contribution in [0.1, 0.15) is 131 Å². The lowest BCUT2D eigenvalue weighted by atomic mass is 9.35. The van der Waals surface area contributed by atoms with Crippen LogP contribution in [0.2, 0.25) is 0 Å². The standard InChI is InChI=1S/C70H72BN3O/c1-66(2,3)46-29-33-51(34-30-46)73-58-43-52(72(49-25-19-15-20-26-49)50-27-21-16-22-28-50)44-59-62(58)71(56-36-35-55-61(64(56)73)70(12,13)40-39-69(55,10)11)65-63(54-42-48(68(7,8)9)32-38-60(54)75-65)74(59)57-37-31-47(67(4,5)6)41-53(57)45-23-17-14-18-24-45/h14-38,41-44H,39-40H2,1-13H3. The molecule has 12 rings (SSSR count). The van der Waals surface area contributed by atoms with Crippen LogP contribution in [-0.2, 0) is 27.1 Å². The first-order valence-corrected chi connectivity index (χ1v) is 27.3. The summed E-state index contributed by atoms with van der Waals surface area (Å²) in [5.41, 5.74) is 23.4. The summed E-state index contributed by atoms with van der Waals surface area (Å²) < 4.78 is 7.62. The van der Waals surface area contributed by atoms with Crippen molar-refractivity contribution in [2.75, 3.05) is 14.7 Å². The van der Waals surface area contributed by atoms with Gasteiger partial charge < -0.3 is 19.1 Å². The van der Waals surface area contributed by atoms with Gasteiger partial charge in [-0.15, -0.1) is 0 Å². The van der Waals surface area contributed by atoms with Crippen LogP contribution < -0.4 is 31.3 Å². The third-order valence-corrected chi connectivity index (χ3v) is 16.9. The Labute approximate surface area is 447 Å². The Morgan fingerprint density at radius 2 is 1.01 bits per heavy atom. The molecule has 3 heterocycles. The Morgan fingerprint density at radius 3 is 1.61 bits per heavy atom. The number of furan rings is 1. The lowest BCUT2D eigenvalue weighted by molar-refractivity contribution is 0.333. The maximum Gasteiger partial charge on any atom is 0.297 e. The Morgan fingerprint density at radius 1 is 0.480 bits per heavy atom. The predicted molar refractivity (Wildman–Crippen MR) is 322 cm³/mol. The van der Waals surface area contributed by atoms with Crippen molar-refractivity contribution in [3.05, 3.63) is 204 Å². The predicted octanol–water partition coefficient (Wildman–Crippen LogP) is 17.9. The van der Waals surface area contributed by atoms with Gasteiger partial charge in [0.25, 0.3) is 6.71 Å². The van der Waals surface area contributed by atoms with E-state index >= 15 is 0 Å². The van der Waals surface area contributed by atoms with Crippen LogP contribution in [0, 0.1) is 0 Å². The van der Waals surface area contributed by atoms with Gasteiger partial charge in [0.1, 0.15) is 5.58 Å². The van der Waals surface area contributed by atoms with E-state index in [1.165, 1.54) is 55.6 Å². The summed E-state index contributed by atoms with van der Waals surface area (Å²) in [7, 11) is 0. The van der Waals surface area contributed by atoms with E-state index in [9.17, 15) is 0 Å². The molecule has 5 heteroatoms. The second-order valence-corrected chi connectivity index (χ2v) is 26.1. The molecular formula is C70H72BN3O. The van der Waals surface area contributed by atoms with Gasteiger partial charge in [-0.3, -0.25) is 0 Å². The molecule has 0 fully saturated rings. The van der Waals surface area contributed by atoms with Gasteiger partial charge in [0.2, 0.25) is 0 Å². The van der Waals surface area contributed by atoms with Crippen LogP contribution in [0.15, 0.2) is 180 Å². The zero-order valence-corrected chi connectivity index (χ0v) is 46.5. The highest BCUT2D eigenvalue weighted by Gasteiger charge is 2.51. The molecule has 0 N–H and O–H groups in total. The Hall–Kier alpha value is -7.24. The average Bonchev–Trinajstić information content (AvgIpc) is 3.76. The number of anilines is 9. The molecular weight excluding hydrogens is 910 g/mol. The van der Waals surface area contributed by atoms with Gasteiger partial charge in [-0.25, -0.2) is 0 Å². The third kappa shape index (κ3) is 8.03. The topological polar surface area (TPSA) is 22.9 Å². The summed E-state index contributed by atoms with van der Waals surface area (Å²) in [5.74, 6) is 0. The molecule has 0 atom stereocenters. The molecule has 376 valence electrons. The van der Waals surface area contributed by atoms with Crippen LogP contribution in [0.5, 0.6) is 0 Å². The van der Waals surface area contributed by atoms with E-state index in [1.807, 2.05) is 0 Å². The van der Waals surface area contributed by atoms with Gasteiger partial charge in [0.15, 0.2) is 0 Å². The van der Waals surface area contributed by atoms with E-state index in [0.717, 1.165) is 75.0 Å². The maximum absolute atomic E-state index is 7.62. The fourth-order valence-electron chi connectivity index (χ4n) is 12.6.